The minimum absolute atomic E-state index is 0.169. The first-order chi connectivity index (χ1) is 7.22. The summed E-state index contributed by atoms with van der Waals surface area (Å²) in [6, 6.07) is 0. The van der Waals surface area contributed by atoms with Crippen molar-refractivity contribution in [2.24, 2.45) is 11.8 Å². The van der Waals surface area contributed by atoms with Gasteiger partial charge in [-0.15, -0.1) is 0 Å². The van der Waals surface area contributed by atoms with Gasteiger partial charge in [-0.25, -0.2) is 0 Å². The highest BCUT2D eigenvalue weighted by molar-refractivity contribution is 5.76. The Morgan fingerprint density at radius 3 is 2.93 bits per heavy atom. The molecule has 1 aliphatic heterocycles. The topological polar surface area (TPSA) is 52.6 Å². The standard InChI is InChI=1S/C11H20N2O2/c1-12-5-4-11(15)13-6-8-2-3-10(14)9(8)7-13/h8-10,12,14H,2-7H2,1H3. The Balaban J connectivity index is 1.85. The molecule has 1 heterocycles. The number of carbonyl (C=O) groups excluding carboxylic acids is 1. The van der Waals surface area contributed by atoms with Gasteiger partial charge >= 0.3 is 0 Å². The van der Waals surface area contributed by atoms with Crippen LogP contribution in [0.2, 0.25) is 0 Å². The molecule has 0 aromatic carbocycles. The van der Waals surface area contributed by atoms with Crippen LogP contribution in [0.1, 0.15) is 19.3 Å². The van der Waals surface area contributed by atoms with E-state index in [1.807, 2.05) is 11.9 Å². The second kappa shape index (κ2) is 4.49. The molecule has 0 aromatic heterocycles. The Morgan fingerprint density at radius 1 is 1.47 bits per heavy atom. The molecule has 86 valence electrons. The zero-order chi connectivity index (χ0) is 10.8. The maximum atomic E-state index is 11.7. The largest absolute Gasteiger partial charge is 0.393 e. The lowest BCUT2D eigenvalue weighted by Gasteiger charge is -2.18. The summed E-state index contributed by atoms with van der Waals surface area (Å²) in [6.45, 7) is 2.38. The van der Waals surface area contributed by atoms with E-state index in [1.54, 1.807) is 0 Å². The summed E-state index contributed by atoms with van der Waals surface area (Å²) in [4.78, 5) is 13.7. The number of carbonyl (C=O) groups is 1. The molecule has 0 bridgehead atoms. The maximum absolute atomic E-state index is 11.7. The van der Waals surface area contributed by atoms with Crippen molar-refractivity contribution >= 4 is 5.91 Å². The maximum Gasteiger partial charge on any atom is 0.223 e. The zero-order valence-electron chi connectivity index (χ0n) is 9.28. The lowest BCUT2D eigenvalue weighted by molar-refractivity contribution is -0.130. The number of nitrogens with zero attached hydrogens (tertiary/aromatic N) is 1. The number of hydrogen-bond acceptors (Lipinski definition) is 3. The molecule has 4 heteroatoms. The molecule has 15 heavy (non-hydrogen) atoms. The Bertz CT molecular complexity index is 245. The van der Waals surface area contributed by atoms with Gasteiger partial charge in [0.25, 0.3) is 0 Å². The summed E-state index contributed by atoms with van der Waals surface area (Å²) >= 11 is 0. The van der Waals surface area contributed by atoms with E-state index in [9.17, 15) is 9.90 Å². The average Bonchev–Trinajstić information content (AvgIpc) is 2.78. The highest BCUT2D eigenvalue weighted by Gasteiger charge is 2.42. The summed E-state index contributed by atoms with van der Waals surface area (Å²) in [5.74, 6) is 1.13. The number of amides is 1. The lowest BCUT2D eigenvalue weighted by atomic mass is 10.00. The zero-order valence-corrected chi connectivity index (χ0v) is 9.28. The monoisotopic (exact) mass is 212 g/mol. The van der Waals surface area contributed by atoms with Crippen molar-refractivity contribution in [1.82, 2.24) is 10.2 Å². The SMILES string of the molecule is CNCCC(=O)N1CC2CCC(O)C2C1. The highest BCUT2D eigenvalue weighted by Crippen LogP contribution is 2.38. The predicted octanol–water partition coefficient (Wildman–Crippen LogP) is -0.175. The van der Waals surface area contributed by atoms with E-state index in [1.165, 1.54) is 0 Å². The fraction of sp³-hybridized carbons (Fsp3) is 0.909. The van der Waals surface area contributed by atoms with Gasteiger partial charge in [-0.2, -0.15) is 0 Å². The molecule has 4 nitrogen and oxygen atoms in total. The van der Waals surface area contributed by atoms with Gasteiger partial charge in [-0.3, -0.25) is 4.79 Å². The summed E-state index contributed by atoms with van der Waals surface area (Å²) in [6.07, 6.45) is 2.42. The Kier molecular flexibility index (Phi) is 3.26. The van der Waals surface area contributed by atoms with E-state index in [0.717, 1.165) is 32.5 Å². The number of nitrogens with one attached hydrogen (secondary N) is 1. The van der Waals surface area contributed by atoms with Crippen LogP contribution in [-0.4, -0.2) is 48.7 Å². The number of likely N-dealkylation sites (tertiary alicyclic amines) is 1. The molecule has 0 aromatic rings. The molecule has 0 radical (unpaired) electrons. The first-order valence-corrected chi connectivity index (χ1v) is 5.83. The van der Waals surface area contributed by atoms with Crippen LogP contribution in [-0.2, 0) is 4.79 Å². The molecule has 1 saturated carbocycles. The number of rotatable bonds is 3. The molecule has 1 amide bonds. The molecule has 2 rings (SSSR count). The van der Waals surface area contributed by atoms with Crippen molar-refractivity contribution < 1.29 is 9.90 Å². The van der Waals surface area contributed by atoms with Gasteiger partial charge in [-0.1, -0.05) is 0 Å². The van der Waals surface area contributed by atoms with Gasteiger partial charge in [0.15, 0.2) is 0 Å². The van der Waals surface area contributed by atoms with Gasteiger partial charge in [-0.05, 0) is 25.8 Å². The first kappa shape index (κ1) is 10.9. The number of aliphatic hydroxyl groups excluding tert-OH is 1. The molecule has 2 aliphatic rings. The minimum atomic E-state index is -0.169. The van der Waals surface area contributed by atoms with Crippen LogP contribution in [0.4, 0.5) is 0 Å². The Labute approximate surface area is 90.6 Å². The quantitative estimate of drug-likeness (QED) is 0.682. The molecule has 2 N–H and O–H groups in total. The molecule has 0 spiro atoms. The third-order valence-corrected chi connectivity index (χ3v) is 3.76. The van der Waals surface area contributed by atoms with Crippen LogP contribution < -0.4 is 5.32 Å². The van der Waals surface area contributed by atoms with Crippen LogP contribution in [0, 0.1) is 11.8 Å². The fourth-order valence-corrected chi connectivity index (χ4v) is 2.83. The molecule has 3 unspecified atom stereocenters. The van der Waals surface area contributed by atoms with Crippen molar-refractivity contribution in [3.05, 3.63) is 0 Å². The fourth-order valence-electron chi connectivity index (χ4n) is 2.83. The predicted molar refractivity (Wildman–Crippen MR) is 57.3 cm³/mol. The van der Waals surface area contributed by atoms with Crippen LogP contribution in [0.5, 0.6) is 0 Å². The van der Waals surface area contributed by atoms with Crippen molar-refractivity contribution in [1.29, 1.82) is 0 Å². The van der Waals surface area contributed by atoms with Crippen molar-refractivity contribution in [3.63, 3.8) is 0 Å². The van der Waals surface area contributed by atoms with Gasteiger partial charge in [0, 0.05) is 32.0 Å². The van der Waals surface area contributed by atoms with Gasteiger partial charge < -0.3 is 15.3 Å². The lowest BCUT2D eigenvalue weighted by Crippen LogP contribution is -2.32. The molecule has 3 atom stereocenters. The molecule has 2 fully saturated rings. The van der Waals surface area contributed by atoms with E-state index in [2.05, 4.69) is 5.32 Å². The minimum Gasteiger partial charge on any atom is -0.393 e. The summed E-state index contributed by atoms with van der Waals surface area (Å²) in [7, 11) is 1.86. The van der Waals surface area contributed by atoms with E-state index >= 15 is 0 Å². The first-order valence-electron chi connectivity index (χ1n) is 5.83. The molecular weight excluding hydrogens is 192 g/mol. The van der Waals surface area contributed by atoms with Crippen molar-refractivity contribution in [2.75, 3.05) is 26.7 Å². The molecule has 1 aliphatic carbocycles. The Hall–Kier alpha value is -0.610. The van der Waals surface area contributed by atoms with Crippen LogP contribution >= 0.6 is 0 Å². The van der Waals surface area contributed by atoms with E-state index < -0.39 is 0 Å². The van der Waals surface area contributed by atoms with E-state index in [0.29, 0.717) is 18.3 Å². The van der Waals surface area contributed by atoms with Crippen LogP contribution in [0.15, 0.2) is 0 Å². The van der Waals surface area contributed by atoms with Crippen molar-refractivity contribution in [3.8, 4) is 0 Å². The summed E-state index contributed by atoms with van der Waals surface area (Å²) < 4.78 is 0. The third-order valence-electron chi connectivity index (χ3n) is 3.76. The molecule has 1 saturated heterocycles. The normalized spacial score (nSPS) is 34.5. The van der Waals surface area contributed by atoms with Crippen molar-refractivity contribution in [2.45, 2.75) is 25.4 Å². The smallest absolute Gasteiger partial charge is 0.223 e. The van der Waals surface area contributed by atoms with Crippen LogP contribution in [0.3, 0.4) is 0 Å². The number of hydrogen-bond donors (Lipinski definition) is 2. The van der Waals surface area contributed by atoms with Gasteiger partial charge in [0.05, 0.1) is 6.10 Å². The number of fused-ring (bicyclic) bond motifs is 1. The highest BCUT2D eigenvalue weighted by atomic mass is 16.3. The summed E-state index contributed by atoms with van der Waals surface area (Å²) in [5.41, 5.74) is 0. The Morgan fingerprint density at radius 2 is 2.27 bits per heavy atom. The average molecular weight is 212 g/mol. The van der Waals surface area contributed by atoms with Gasteiger partial charge in [0.1, 0.15) is 0 Å². The third kappa shape index (κ3) is 2.16. The van der Waals surface area contributed by atoms with Gasteiger partial charge in [0.2, 0.25) is 5.91 Å². The van der Waals surface area contributed by atoms with E-state index in [-0.39, 0.29) is 12.0 Å². The second-order valence-corrected chi connectivity index (χ2v) is 4.72. The molecular formula is C11H20N2O2. The summed E-state index contributed by atoms with van der Waals surface area (Å²) in [5, 5.41) is 12.7. The van der Waals surface area contributed by atoms with Crippen LogP contribution in [0.25, 0.3) is 0 Å². The number of aliphatic hydroxyl groups is 1. The second-order valence-electron chi connectivity index (χ2n) is 4.72. The van der Waals surface area contributed by atoms with E-state index in [4.69, 9.17) is 0 Å².